The summed E-state index contributed by atoms with van der Waals surface area (Å²) < 4.78 is 1.86. The van der Waals surface area contributed by atoms with Gasteiger partial charge < -0.3 is 4.57 Å². The van der Waals surface area contributed by atoms with E-state index in [0.29, 0.717) is 6.42 Å². The number of unbranched alkanes of at least 4 members (excludes halogenated alkanes) is 1. The molecule has 0 N–H and O–H groups in total. The Labute approximate surface area is 59.1 Å². The van der Waals surface area contributed by atoms with Crippen molar-refractivity contribution in [3.05, 3.63) is 12.7 Å². The van der Waals surface area contributed by atoms with Crippen molar-refractivity contribution in [2.75, 3.05) is 0 Å². The molecule has 1 aromatic heterocycles. The van der Waals surface area contributed by atoms with Crippen molar-refractivity contribution in [1.29, 1.82) is 5.26 Å². The van der Waals surface area contributed by atoms with Crippen LogP contribution in [0, 0.1) is 11.3 Å². The summed E-state index contributed by atoms with van der Waals surface area (Å²) in [7, 11) is 0. The van der Waals surface area contributed by atoms with E-state index < -0.39 is 0 Å². The van der Waals surface area contributed by atoms with Crippen molar-refractivity contribution in [3.8, 4) is 6.07 Å². The van der Waals surface area contributed by atoms with Gasteiger partial charge in [-0.15, -0.1) is 10.2 Å². The van der Waals surface area contributed by atoms with Gasteiger partial charge in [-0.05, 0) is 6.42 Å². The van der Waals surface area contributed by atoms with Crippen LogP contribution in [-0.2, 0) is 6.54 Å². The number of nitrogens with zero attached hydrogens (tertiary/aromatic N) is 4. The normalized spacial score (nSPS) is 9.10. The summed E-state index contributed by atoms with van der Waals surface area (Å²) in [4.78, 5) is 0. The third kappa shape index (κ3) is 1.86. The number of aryl methyl sites for hydroxylation is 1. The monoisotopic (exact) mass is 136 g/mol. The second-order valence-electron chi connectivity index (χ2n) is 1.96. The first kappa shape index (κ1) is 6.75. The van der Waals surface area contributed by atoms with E-state index in [1.54, 1.807) is 12.7 Å². The molecule has 0 spiro atoms. The van der Waals surface area contributed by atoms with Gasteiger partial charge in [-0.3, -0.25) is 0 Å². The highest BCUT2D eigenvalue weighted by atomic mass is 15.2. The largest absolute Gasteiger partial charge is 0.320 e. The average molecular weight is 136 g/mol. The lowest BCUT2D eigenvalue weighted by Gasteiger charge is -1.94. The lowest BCUT2D eigenvalue weighted by molar-refractivity contribution is 0.651. The summed E-state index contributed by atoms with van der Waals surface area (Å²) in [5.41, 5.74) is 0. The quantitative estimate of drug-likeness (QED) is 0.571. The molecule has 0 bridgehead atoms. The molecule has 4 heteroatoms. The summed E-state index contributed by atoms with van der Waals surface area (Å²) in [6.07, 6.45) is 4.77. The van der Waals surface area contributed by atoms with E-state index in [0.717, 1.165) is 13.0 Å². The molecule has 52 valence electrons. The van der Waals surface area contributed by atoms with Crippen molar-refractivity contribution in [2.45, 2.75) is 19.4 Å². The predicted octanol–water partition coefficient (Wildman–Crippen LogP) is 0.582. The minimum atomic E-state index is 0.595. The molecule has 0 atom stereocenters. The zero-order valence-electron chi connectivity index (χ0n) is 5.56. The number of hydrogen-bond acceptors (Lipinski definition) is 3. The molecule has 0 aliphatic rings. The van der Waals surface area contributed by atoms with Gasteiger partial charge in [-0.25, -0.2) is 0 Å². The molecule has 0 fully saturated rings. The standard InChI is InChI=1S/C6H8N4/c7-3-1-2-4-10-5-8-9-6-10/h5-6H,1-2,4H2. The van der Waals surface area contributed by atoms with Crippen molar-refractivity contribution in [2.24, 2.45) is 0 Å². The van der Waals surface area contributed by atoms with Gasteiger partial charge in [0.1, 0.15) is 12.7 Å². The minimum Gasteiger partial charge on any atom is -0.320 e. The maximum absolute atomic E-state index is 8.20. The van der Waals surface area contributed by atoms with E-state index in [1.165, 1.54) is 0 Å². The number of hydrogen-bond donors (Lipinski definition) is 0. The van der Waals surface area contributed by atoms with Gasteiger partial charge in [0.05, 0.1) is 6.07 Å². The molecular weight excluding hydrogens is 128 g/mol. The van der Waals surface area contributed by atoms with Gasteiger partial charge in [0.15, 0.2) is 0 Å². The molecule has 0 aliphatic carbocycles. The maximum atomic E-state index is 8.20. The Kier molecular flexibility index (Phi) is 2.44. The Bertz CT molecular complexity index is 208. The summed E-state index contributed by atoms with van der Waals surface area (Å²) in [6, 6.07) is 2.08. The van der Waals surface area contributed by atoms with Gasteiger partial charge in [0.2, 0.25) is 0 Å². The molecule has 0 saturated heterocycles. The van der Waals surface area contributed by atoms with Crippen LogP contribution in [0.1, 0.15) is 12.8 Å². The molecule has 0 aliphatic heterocycles. The van der Waals surface area contributed by atoms with Crippen LogP contribution in [0.25, 0.3) is 0 Å². The Balaban J connectivity index is 2.23. The Morgan fingerprint density at radius 2 is 2.10 bits per heavy atom. The van der Waals surface area contributed by atoms with Crippen molar-refractivity contribution in [1.82, 2.24) is 14.8 Å². The molecule has 1 aromatic rings. The average Bonchev–Trinajstić information content (AvgIpc) is 2.41. The van der Waals surface area contributed by atoms with Crippen LogP contribution < -0.4 is 0 Å². The molecule has 0 amide bonds. The fraction of sp³-hybridized carbons (Fsp3) is 0.500. The predicted molar refractivity (Wildman–Crippen MR) is 34.9 cm³/mol. The first-order valence-electron chi connectivity index (χ1n) is 3.13. The van der Waals surface area contributed by atoms with E-state index in [1.807, 2.05) is 4.57 Å². The second-order valence-corrected chi connectivity index (χ2v) is 1.96. The minimum absolute atomic E-state index is 0.595. The first-order chi connectivity index (χ1) is 4.93. The molecule has 0 aromatic carbocycles. The molecule has 10 heavy (non-hydrogen) atoms. The van der Waals surface area contributed by atoms with Gasteiger partial charge in [0, 0.05) is 13.0 Å². The molecule has 0 unspecified atom stereocenters. The summed E-state index contributed by atoms with van der Waals surface area (Å²) in [5.74, 6) is 0. The van der Waals surface area contributed by atoms with Crippen LogP contribution in [0.4, 0.5) is 0 Å². The molecular formula is C6H8N4. The molecule has 0 radical (unpaired) electrons. The van der Waals surface area contributed by atoms with Crippen LogP contribution in [0.2, 0.25) is 0 Å². The van der Waals surface area contributed by atoms with Crippen molar-refractivity contribution in [3.63, 3.8) is 0 Å². The van der Waals surface area contributed by atoms with Gasteiger partial charge in [0.25, 0.3) is 0 Å². The molecule has 0 saturated carbocycles. The van der Waals surface area contributed by atoms with Crippen molar-refractivity contribution < 1.29 is 0 Å². The van der Waals surface area contributed by atoms with E-state index in [-0.39, 0.29) is 0 Å². The summed E-state index contributed by atoms with van der Waals surface area (Å²) in [6.45, 7) is 0.834. The molecule has 4 nitrogen and oxygen atoms in total. The number of nitriles is 1. The lowest BCUT2D eigenvalue weighted by Crippen LogP contribution is -1.92. The third-order valence-corrected chi connectivity index (χ3v) is 1.17. The Hall–Kier alpha value is -1.37. The second kappa shape index (κ2) is 3.62. The summed E-state index contributed by atoms with van der Waals surface area (Å²) >= 11 is 0. The smallest absolute Gasteiger partial charge is 0.119 e. The fourth-order valence-electron chi connectivity index (χ4n) is 0.678. The topological polar surface area (TPSA) is 54.5 Å². The van der Waals surface area contributed by atoms with Crippen LogP contribution >= 0.6 is 0 Å². The highest BCUT2D eigenvalue weighted by Gasteiger charge is 1.88. The SMILES string of the molecule is N#CCCCn1cnnc1. The Morgan fingerprint density at radius 1 is 1.40 bits per heavy atom. The number of aromatic nitrogens is 3. The van der Waals surface area contributed by atoms with Crippen molar-refractivity contribution >= 4 is 0 Å². The fourth-order valence-corrected chi connectivity index (χ4v) is 0.678. The zero-order valence-corrected chi connectivity index (χ0v) is 5.56. The van der Waals surface area contributed by atoms with Crippen LogP contribution in [0.5, 0.6) is 0 Å². The van der Waals surface area contributed by atoms with E-state index >= 15 is 0 Å². The third-order valence-electron chi connectivity index (χ3n) is 1.17. The summed E-state index contributed by atoms with van der Waals surface area (Å²) in [5, 5.41) is 15.5. The molecule has 1 heterocycles. The highest BCUT2D eigenvalue weighted by molar-refractivity contribution is 4.69. The first-order valence-corrected chi connectivity index (χ1v) is 3.13. The lowest BCUT2D eigenvalue weighted by atomic mass is 10.3. The van der Waals surface area contributed by atoms with Crippen LogP contribution in [0.15, 0.2) is 12.7 Å². The van der Waals surface area contributed by atoms with Gasteiger partial charge >= 0.3 is 0 Å². The van der Waals surface area contributed by atoms with Crippen LogP contribution in [0.3, 0.4) is 0 Å². The highest BCUT2D eigenvalue weighted by Crippen LogP contribution is 1.91. The van der Waals surface area contributed by atoms with Crippen LogP contribution in [-0.4, -0.2) is 14.8 Å². The number of rotatable bonds is 3. The van der Waals surface area contributed by atoms with Gasteiger partial charge in [-0.1, -0.05) is 0 Å². The maximum Gasteiger partial charge on any atom is 0.119 e. The molecule has 1 rings (SSSR count). The zero-order chi connectivity index (χ0) is 7.23. The van der Waals surface area contributed by atoms with E-state index in [4.69, 9.17) is 5.26 Å². The van der Waals surface area contributed by atoms with Gasteiger partial charge in [-0.2, -0.15) is 5.26 Å². The Morgan fingerprint density at radius 3 is 2.70 bits per heavy atom. The van der Waals surface area contributed by atoms with E-state index in [9.17, 15) is 0 Å². The van der Waals surface area contributed by atoms with E-state index in [2.05, 4.69) is 16.3 Å².